The summed E-state index contributed by atoms with van der Waals surface area (Å²) in [7, 11) is 0. The third kappa shape index (κ3) is 18.6. The number of quaternary nitrogens is 3. The molecule has 3 rings (SSSR count). The molecule has 13 heteroatoms. The van der Waals surface area contributed by atoms with Crippen molar-refractivity contribution in [3.8, 4) is 0 Å². The Hall–Kier alpha value is -1.87. The number of carbonyl (C=O) groups is 3. The van der Waals surface area contributed by atoms with Crippen LogP contribution >= 0.6 is 0 Å². The molecule has 0 spiro atoms. The number of hydrogen-bond donors (Lipinski definition) is 7. The van der Waals surface area contributed by atoms with Gasteiger partial charge in [0.25, 0.3) is 0 Å². The van der Waals surface area contributed by atoms with E-state index in [4.69, 9.17) is 5.11 Å². The minimum Gasteiger partial charge on any atom is -0.550 e. The third-order valence-corrected chi connectivity index (χ3v) is 4.40. The molecule has 0 aromatic rings. The van der Waals surface area contributed by atoms with E-state index in [2.05, 4.69) is 31.9 Å². The van der Waals surface area contributed by atoms with E-state index < -0.39 is 36.4 Å². The second kappa shape index (κ2) is 18.9. The standard InChI is InChI=1S/C6H8O7.3C4H10N2/c7-3(8)1-6(13,5(11)12)2-4(9)10;3*1-2-6-4-3-5-1/h13H,1-2H2,(H,7,8)(H,9,10)(H,11,12);3*5-6H,1-4H2. The smallest absolute Gasteiger partial charge is 0.114 e. The van der Waals surface area contributed by atoms with Crippen molar-refractivity contribution in [1.82, 2.24) is 16.0 Å². The lowest BCUT2D eigenvalue weighted by atomic mass is 9.96. The predicted octanol–water partition coefficient (Wildman–Crippen LogP) is -10.8. The lowest BCUT2D eigenvalue weighted by molar-refractivity contribution is -0.657. The minimum atomic E-state index is -2.97. The monoisotopic (exact) mass is 450 g/mol. The maximum absolute atomic E-state index is 10.1. The topological polar surface area (TPSA) is 227 Å². The highest BCUT2D eigenvalue weighted by Gasteiger charge is 2.29. The summed E-state index contributed by atoms with van der Waals surface area (Å²) in [6.45, 7) is 14.8. The first-order valence-electron chi connectivity index (χ1n) is 10.7. The number of hydrogen-bond acceptors (Lipinski definition) is 10. The Kier molecular flexibility index (Phi) is 17.7. The normalized spacial score (nSPS) is 18.5. The molecule has 0 unspecified atom stereocenters. The summed E-state index contributed by atoms with van der Waals surface area (Å²) in [4.78, 5) is 30.0. The van der Waals surface area contributed by atoms with Crippen molar-refractivity contribution in [3.63, 3.8) is 0 Å². The van der Waals surface area contributed by atoms with Crippen LogP contribution in [-0.4, -0.2) is 107 Å². The van der Waals surface area contributed by atoms with Crippen molar-refractivity contribution in [3.05, 3.63) is 0 Å². The summed E-state index contributed by atoms with van der Waals surface area (Å²) < 4.78 is 0. The number of rotatable bonds is 5. The van der Waals surface area contributed by atoms with Crippen LogP contribution in [0.3, 0.4) is 0 Å². The van der Waals surface area contributed by atoms with Gasteiger partial charge in [0.05, 0.1) is 45.2 Å². The van der Waals surface area contributed by atoms with Gasteiger partial charge >= 0.3 is 0 Å². The van der Waals surface area contributed by atoms with Crippen molar-refractivity contribution >= 4 is 17.9 Å². The molecule has 182 valence electrons. The van der Waals surface area contributed by atoms with Gasteiger partial charge in [0.1, 0.15) is 5.60 Å². The molecule has 31 heavy (non-hydrogen) atoms. The first kappa shape index (κ1) is 29.1. The Morgan fingerprint density at radius 3 is 1.00 bits per heavy atom. The zero-order chi connectivity index (χ0) is 23.4. The molecular weight excluding hydrogens is 412 g/mol. The fraction of sp³-hybridized carbons (Fsp3) is 0.833. The number of aliphatic carboxylic acids is 3. The van der Waals surface area contributed by atoms with Crippen LogP contribution in [0.4, 0.5) is 0 Å². The van der Waals surface area contributed by atoms with Crippen molar-refractivity contribution in [2.24, 2.45) is 0 Å². The number of piperazine rings is 3. The Bertz CT molecular complexity index is 419. The Balaban J connectivity index is 0.000000416. The maximum Gasteiger partial charge on any atom is 0.114 e. The number of carboxylic acids is 3. The van der Waals surface area contributed by atoms with Gasteiger partial charge in [-0.25, -0.2) is 0 Å². The van der Waals surface area contributed by atoms with Crippen molar-refractivity contribution < 1.29 is 50.8 Å². The summed E-state index contributed by atoms with van der Waals surface area (Å²) >= 11 is 0. The van der Waals surface area contributed by atoms with Gasteiger partial charge in [-0.3, -0.25) is 0 Å². The SMILES string of the molecule is C1C[NH2+]CCN1.C1C[NH2+]CCN1.C1C[NH2+]CCN1.O=C([O-])CC(O)(CC(=O)[O-])C(=O)[O-]. The molecule has 0 radical (unpaired) electrons. The molecule has 3 heterocycles. The second-order valence-corrected chi connectivity index (χ2v) is 7.26. The zero-order valence-corrected chi connectivity index (χ0v) is 18.0. The second-order valence-electron chi connectivity index (χ2n) is 7.26. The van der Waals surface area contributed by atoms with Crippen LogP contribution in [0, 0.1) is 0 Å². The fourth-order valence-electron chi connectivity index (χ4n) is 2.72. The molecule has 0 bridgehead atoms. The van der Waals surface area contributed by atoms with Crippen LogP contribution in [0.15, 0.2) is 0 Å². The molecule has 0 aliphatic carbocycles. The molecule has 0 aromatic carbocycles. The lowest BCUT2D eigenvalue weighted by Gasteiger charge is -2.29. The van der Waals surface area contributed by atoms with Crippen LogP contribution in [0.1, 0.15) is 12.8 Å². The Morgan fingerprint density at radius 2 is 0.903 bits per heavy atom. The zero-order valence-electron chi connectivity index (χ0n) is 18.0. The van der Waals surface area contributed by atoms with E-state index in [1.807, 2.05) is 0 Å². The molecule has 0 saturated carbocycles. The maximum atomic E-state index is 10.1. The van der Waals surface area contributed by atoms with E-state index in [-0.39, 0.29) is 0 Å². The van der Waals surface area contributed by atoms with E-state index in [0.29, 0.717) is 0 Å². The quantitative estimate of drug-likeness (QED) is 0.209. The Labute approximate surface area is 182 Å². The summed E-state index contributed by atoms with van der Waals surface area (Å²) in [6.07, 6.45) is -2.72. The number of aliphatic hydroxyl groups is 1. The molecule has 3 fully saturated rings. The van der Waals surface area contributed by atoms with Crippen LogP contribution in [0.2, 0.25) is 0 Å². The van der Waals surface area contributed by atoms with Crippen LogP contribution in [0.5, 0.6) is 0 Å². The van der Waals surface area contributed by atoms with Crippen molar-refractivity contribution in [2.75, 3.05) is 78.5 Å². The van der Waals surface area contributed by atoms with Crippen LogP contribution in [0.25, 0.3) is 0 Å². The van der Waals surface area contributed by atoms with Gasteiger partial charge in [0, 0.05) is 64.0 Å². The molecule has 0 atom stereocenters. The summed E-state index contributed by atoms with van der Waals surface area (Å²) in [5.41, 5.74) is -2.97. The van der Waals surface area contributed by atoms with Gasteiger partial charge in [-0.1, -0.05) is 0 Å². The minimum absolute atomic E-state index is 1.19. The van der Waals surface area contributed by atoms with Gasteiger partial charge in [0.15, 0.2) is 0 Å². The van der Waals surface area contributed by atoms with Crippen molar-refractivity contribution in [1.29, 1.82) is 0 Å². The molecule has 3 saturated heterocycles. The number of nitrogens with one attached hydrogen (secondary N) is 3. The number of nitrogens with two attached hydrogens (primary N) is 3. The average Bonchev–Trinajstić information content (AvgIpc) is 2.77. The summed E-state index contributed by atoms with van der Waals surface area (Å²) in [5.74, 6) is -5.98. The van der Waals surface area contributed by atoms with E-state index in [0.717, 1.165) is 0 Å². The molecule has 3 aliphatic heterocycles. The summed E-state index contributed by atoms with van der Waals surface area (Å²) in [5, 5.41) is 55.7. The molecular formula is C18H38N6O7. The third-order valence-electron chi connectivity index (χ3n) is 4.40. The van der Waals surface area contributed by atoms with Gasteiger partial charge in [-0.15, -0.1) is 0 Å². The first-order valence-corrected chi connectivity index (χ1v) is 10.7. The molecule has 10 N–H and O–H groups in total. The Morgan fingerprint density at radius 1 is 0.645 bits per heavy atom. The highest BCUT2D eigenvalue weighted by atomic mass is 16.4. The van der Waals surface area contributed by atoms with Gasteiger partial charge in [-0.05, 0) is 0 Å². The largest absolute Gasteiger partial charge is 0.550 e. The number of carboxylic acid groups (broad SMARTS) is 3. The first-order chi connectivity index (χ1) is 14.8. The lowest BCUT2D eigenvalue weighted by Crippen LogP contribution is -2.89. The van der Waals surface area contributed by atoms with E-state index in [1.54, 1.807) is 0 Å². The van der Waals surface area contributed by atoms with Crippen LogP contribution < -0.4 is 47.2 Å². The van der Waals surface area contributed by atoms with E-state index in [9.17, 15) is 29.7 Å². The molecule has 0 aromatic heterocycles. The molecule has 3 aliphatic rings. The number of carbonyl (C=O) groups excluding carboxylic acids is 3. The van der Waals surface area contributed by atoms with Gasteiger partial charge in [0.2, 0.25) is 0 Å². The van der Waals surface area contributed by atoms with E-state index >= 15 is 0 Å². The fourth-order valence-corrected chi connectivity index (χ4v) is 2.72. The van der Waals surface area contributed by atoms with Gasteiger partial charge in [-0.2, -0.15) is 0 Å². The van der Waals surface area contributed by atoms with Gasteiger partial charge < -0.3 is 66.7 Å². The van der Waals surface area contributed by atoms with Crippen LogP contribution in [-0.2, 0) is 14.4 Å². The highest BCUT2D eigenvalue weighted by Crippen LogP contribution is 2.13. The molecule has 13 nitrogen and oxygen atoms in total. The van der Waals surface area contributed by atoms with Crippen molar-refractivity contribution in [2.45, 2.75) is 18.4 Å². The average molecular weight is 451 g/mol. The molecule has 0 amide bonds. The summed E-state index contributed by atoms with van der Waals surface area (Å²) in [6, 6.07) is 0. The highest BCUT2D eigenvalue weighted by molar-refractivity contribution is 5.86. The predicted molar refractivity (Wildman–Crippen MR) is 103 cm³/mol. The van der Waals surface area contributed by atoms with E-state index in [1.165, 1.54) is 78.5 Å².